The Kier molecular flexibility index (Phi) is 12.7. The van der Waals surface area contributed by atoms with E-state index in [1.807, 2.05) is 18.2 Å². The molecule has 3 aromatic heterocycles. The third kappa shape index (κ3) is 8.79. The molecule has 0 atom stereocenters. The molecule has 3 nitrogen and oxygen atoms in total. The van der Waals surface area contributed by atoms with Crippen molar-refractivity contribution in [1.29, 1.82) is 0 Å². The second-order valence-electron chi connectivity index (χ2n) is 17.3. The van der Waals surface area contributed by atoms with Crippen LogP contribution in [0.3, 0.4) is 0 Å². The number of nitrogens with zero attached hydrogens (tertiary/aromatic N) is 3. The molecule has 0 saturated heterocycles. The first-order chi connectivity index (χ1) is 29.6. The number of hydrogen-bond donors (Lipinski definition) is 0. The molecule has 1 radical (unpaired) electrons. The Balaban J connectivity index is 0.000000214. The minimum absolute atomic E-state index is 0. The first-order valence-electron chi connectivity index (χ1n) is 21.2. The second-order valence-corrected chi connectivity index (χ2v) is 23.2. The molecule has 0 aliphatic carbocycles. The molecule has 62 heavy (non-hydrogen) atoms. The van der Waals surface area contributed by atoms with Crippen LogP contribution in [0.4, 0.5) is 0 Å². The van der Waals surface area contributed by atoms with Crippen LogP contribution < -0.4 is 5.19 Å². The molecule has 309 valence electrons. The van der Waals surface area contributed by atoms with E-state index in [0.29, 0.717) is 5.92 Å². The van der Waals surface area contributed by atoms with Crippen molar-refractivity contribution in [2.75, 3.05) is 0 Å². The second kappa shape index (κ2) is 18.3. The summed E-state index contributed by atoms with van der Waals surface area (Å²) in [6.45, 7) is 13.9. The average Bonchev–Trinajstić information content (AvgIpc) is 3.86. The molecule has 0 unspecified atom stereocenters. The van der Waals surface area contributed by atoms with E-state index in [1.165, 1.54) is 48.3 Å². The number of benzene rings is 7. The minimum Gasteiger partial charge on any atom is -0.332 e. The van der Waals surface area contributed by atoms with E-state index in [9.17, 15) is 0 Å². The smallest absolute Gasteiger partial charge is 0.0798 e. The summed E-state index contributed by atoms with van der Waals surface area (Å²) in [6.07, 6.45) is 3.24. The number of pyridine rings is 1. The summed E-state index contributed by atoms with van der Waals surface area (Å²) < 4.78 is 3.58. The van der Waals surface area contributed by atoms with Crippen LogP contribution in [0.1, 0.15) is 25.0 Å². The number of aryl methyl sites for hydroxylation is 1. The van der Waals surface area contributed by atoms with Crippen molar-refractivity contribution < 1.29 is 20.1 Å². The summed E-state index contributed by atoms with van der Waals surface area (Å²) in [5, 5.41) is 8.83. The van der Waals surface area contributed by atoms with Gasteiger partial charge in [0.1, 0.15) is 0 Å². The van der Waals surface area contributed by atoms with Crippen LogP contribution in [0.5, 0.6) is 0 Å². The molecule has 0 fully saturated rings. The van der Waals surface area contributed by atoms with Crippen molar-refractivity contribution in [1.82, 2.24) is 14.5 Å². The number of thiophene rings is 1. The molecular weight excluding hydrogens is 967 g/mol. The van der Waals surface area contributed by atoms with Gasteiger partial charge in [-0.1, -0.05) is 188 Å². The zero-order valence-corrected chi connectivity index (χ0v) is 40.2. The SMILES string of the molecule is CC(C)Cc1cc(-c2[c-]cccc2)ncc1[Si](C)(C)C.Cc1ccc2cc3s[c-]c(-c4nc5ccccc5n4-c4c(-c5ccccc5)cccc4-c4ccccc4)c3cc2c1.[Ir]. The van der Waals surface area contributed by atoms with Gasteiger partial charge in [0, 0.05) is 37.4 Å². The van der Waals surface area contributed by atoms with Crippen molar-refractivity contribution in [3.63, 3.8) is 0 Å². The van der Waals surface area contributed by atoms with Gasteiger partial charge in [-0.2, -0.15) is 0 Å². The molecule has 3 heterocycles. The maximum absolute atomic E-state index is 5.29. The van der Waals surface area contributed by atoms with E-state index in [2.05, 4.69) is 213 Å². The van der Waals surface area contributed by atoms with Crippen LogP contribution in [-0.2, 0) is 26.5 Å². The zero-order chi connectivity index (χ0) is 42.1. The Morgan fingerprint density at radius 2 is 1.37 bits per heavy atom. The molecule has 10 aromatic rings. The molecule has 0 aliphatic rings. The van der Waals surface area contributed by atoms with Gasteiger partial charge in [-0.15, -0.1) is 41.3 Å². The third-order valence-corrected chi connectivity index (χ3v) is 14.2. The van der Waals surface area contributed by atoms with E-state index >= 15 is 0 Å². The summed E-state index contributed by atoms with van der Waals surface area (Å²) in [5.41, 5.74) is 13.7. The van der Waals surface area contributed by atoms with Crippen LogP contribution in [0.2, 0.25) is 19.6 Å². The van der Waals surface area contributed by atoms with Crippen LogP contribution in [0.15, 0.2) is 170 Å². The molecule has 10 rings (SSSR count). The molecule has 6 heteroatoms. The van der Waals surface area contributed by atoms with Crippen LogP contribution >= 0.6 is 11.3 Å². The Morgan fingerprint density at radius 3 is 2.03 bits per heavy atom. The van der Waals surface area contributed by atoms with Crippen LogP contribution in [-0.4, -0.2) is 22.6 Å². The van der Waals surface area contributed by atoms with Gasteiger partial charge in [0.15, 0.2) is 0 Å². The summed E-state index contributed by atoms with van der Waals surface area (Å²) >= 11 is 1.66. The number of imidazole rings is 1. The van der Waals surface area contributed by atoms with Crippen LogP contribution in [0.25, 0.3) is 82.5 Å². The maximum Gasteiger partial charge on any atom is 0.0798 e. The number of aromatic nitrogens is 3. The van der Waals surface area contributed by atoms with E-state index in [0.717, 1.165) is 56.9 Å². The fourth-order valence-corrected chi connectivity index (χ4v) is 10.8. The Labute approximate surface area is 384 Å². The summed E-state index contributed by atoms with van der Waals surface area (Å²) in [5.74, 6) is 1.57. The van der Waals surface area contributed by atoms with Crippen LogP contribution in [0, 0.1) is 24.3 Å². The van der Waals surface area contributed by atoms with E-state index < -0.39 is 8.07 Å². The van der Waals surface area contributed by atoms with Crippen molar-refractivity contribution in [2.45, 2.75) is 46.8 Å². The van der Waals surface area contributed by atoms with Crippen molar-refractivity contribution >= 4 is 56.5 Å². The van der Waals surface area contributed by atoms with Gasteiger partial charge in [-0.05, 0) is 64.2 Å². The van der Waals surface area contributed by atoms with Crippen molar-refractivity contribution in [3.8, 4) is 50.6 Å². The normalized spacial score (nSPS) is 11.5. The number of rotatable bonds is 8. The zero-order valence-electron chi connectivity index (χ0n) is 36.0. The first-order valence-corrected chi connectivity index (χ1v) is 25.5. The summed E-state index contributed by atoms with van der Waals surface area (Å²) in [6, 6.07) is 61.2. The van der Waals surface area contributed by atoms with Gasteiger partial charge in [0.2, 0.25) is 0 Å². The molecule has 0 amide bonds. The molecule has 7 aromatic carbocycles. The number of hydrogen-bond acceptors (Lipinski definition) is 3. The quantitative estimate of drug-likeness (QED) is 0.112. The fraction of sp³-hybridized carbons (Fsp3) is 0.143. The molecule has 0 spiro atoms. The predicted octanol–water partition coefficient (Wildman–Crippen LogP) is 14.8. The van der Waals surface area contributed by atoms with Gasteiger partial charge in [0.25, 0.3) is 0 Å². The van der Waals surface area contributed by atoms with Gasteiger partial charge in [-0.25, -0.2) is 0 Å². The maximum atomic E-state index is 5.29. The molecule has 0 saturated carbocycles. The standard InChI is InChI=1S/C38H25N2S.C18H24NSi.Ir/c1-25-19-20-28-23-36-32(22-29(28)21-25)33(24-41-36)38-39-34-17-8-9-18-35(34)40(38)37-30(26-11-4-2-5-12-26)15-10-16-31(37)27-13-6-3-7-14-27;1-14(2)11-16-12-17(15-9-7-6-8-10-15)19-13-18(16)20(3,4)5;/h2-23H,1H3;6-9,12-14H,11H2,1-5H3;/q2*-1;. The van der Waals surface area contributed by atoms with E-state index in [4.69, 9.17) is 4.98 Å². The largest absolute Gasteiger partial charge is 0.332 e. The Morgan fingerprint density at radius 1 is 0.694 bits per heavy atom. The Bertz CT molecular complexity index is 3070. The average molecular weight is 1020 g/mol. The molecule has 0 bridgehead atoms. The van der Waals surface area contributed by atoms with Gasteiger partial charge < -0.3 is 9.55 Å². The monoisotopic (exact) mass is 1020 g/mol. The van der Waals surface area contributed by atoms with Gasteiger partial charge >= 0.3 is 0 Å². The van der Waals surface area contributed by atoms with E-state index in [-0.39, 0.29) is 20.1 Å². The number of para-hydroxylation sites is 3. The molecule has 0 N–H and O–H groups in total. The topological polar surface area (TPSA) is 30.7 Å². The van der Waals surface area contributed by atoms with E-state index in [1.54, 1.807) is 11.3 Å². The number of fused-ring (bicyclic) bond motifs is 3. The van der Waals surface area contributed by atoms with Crippen molar-refractivity contribution in [3.05, 3.63) is 193 Å². The first kappa shape index (κ1) is 42.9. The molecular formula is C56H49IrN3SSi-2. The predicted molar refractivity (Wildman–Crippen MR) is 264 cm³/mol. The summed E-state index contributed by atoms with van der Waals surface area (Å²) in [4.78, 5) is 9.97. The molecule has 0 aliphatic heterocycles. The third-order valence-electron chi connectivity index (χ3n) is 11.3. The van der Waals surface area contributed by atoms with Gasteiger partial charge in [-0.3, -0.25) is 16.3 Å². The van der Waals surface area contributed by atoms with Crippen molar-refractivity contribution in [2.24, 2.45) is 5.92 Å². The Hall–Kier alpha value is -5.75. The fourth-order valence-electron chi connectivity index (χ4n) is 8.39. The summed E-state index contributed by atoms with van der Waals surface area (Å²) in [7, 11) is -1.34. The van der Waals surface area contributed by atoms with Gasteiger partial charge in [0.05, 0.1) is 30.6 Å². The minimum atomic E-state index is -1.34.